The third-order valence-corrected chi connectivity index (χ3v) is 6.91. The van der Waals surface area contributed by atoms with E-state index >= 15 is 0 Å². The monoisotopic (exact) mass is 498 g/mol. The van der Waals surface area contributed by atoms with E-state index in [1.807, 2.05) is 72.8 Å². The molecule has 0 spiro atoms. The van der Waals surface area contributed by atoms with Crippen molar-refractivity contribution in [2.45, 2.75) is 23.1 Å². The summed E-state index contributed by atoms with van der Waals surface area (Å²) in [6, 6.07) is 32.1. The predicted octanol–water partition coefficient (Wildman–Crippen LogP) is 6.44. The molecule has 0 bridgehead atoms. The maximum absolute atomic E-state index is 13.4. The van der Waals surface area contributed by atoms with Crippen LogP contribution >= 0.6 is 11.8 Å². The molecule has 1 unspecified atom stereocenters. The summed E-state index contributed by atoms with van der Waals surface area (Å²) in [6.07, 6.45) is 0.348. The number of thioether (sulfide) groups is 1. The van der Waals surface area contributed by atoms with Gasteiger partial charge >= 0.3 is 0 Å². The molecule has 0 heterocycles. The fourth-order valence-corrected chi connectivity index (χ4v) is 4.64. The van der Waals surface area contributed by atoms with E-state index in [9.17, 15) is 14.0 Å². The Balaban J connectivity index is 1.46. The van der Waals surface area contributed by atoms with Gasteiger partial charge in [-0.25, -0.2) is 4.39 Å². The molecule has 0 aliphatic rings. The molecule has 0 saturated carbocycles. The standard InChI is InChI=1S/C30H27FN2O2S/c1-33(30(35)24-12-14-25(31)15-13-24)28(20-22-8-4-2-5-9-22)29(34)32-26-16-18-27(19-17-26)36-21-23-10-6-3-7-11-23/h2-19,28H,20-21H2,1H3,(H,32,34). The number of hydrogen-bond donors (Lipinski definition) is 1. The SMILES string of the molecule is CN(C(=O)c1ccc(F)cc1)C(Cc1ccccc1)C(=O)Nc1ccc(SCc2ccccc2)cc1. The molecule has 0 aliphatic heterocycles. The van der Waals surface area contributed by atoms with Crippen LogP contribution in [0.2, 0.25) is 0 Å². The fourth-order valence-electron chi connectivity index (χ4n) is 3.78. The lowest BCUT2D eigenvalue weighted by Gasteiger charge is -2.28. The number of nitrogens with one attached hydrogen (secondary N) is 1. The maximum Gasteiger partial charge on any atom is 0.254 e. The van der Waals surface area contributed by atoms with Gasteiger partial charge in [0.2, 0.25) is 5.91 Å². The van der Waals surface area contributed by atoms with Crippen molar-refractivity contribution in [1.82, 2.24) is 4.90 Å². The van der Waals surface area contributed by atoms with Crippen molar-refractivity contribution in [2.24, 2.45) is 0 Å². The minimum atomic E-state index is -0.753. The highest BCUT2D eigenvalue weighted by molar-refractivity contribution is 7.98. The molecule has 4 aromatic carbocycles. The Kier molecular flexibility index (Phi) is 8.53. The number of carbonyl (C=O) groups is 2. The lowest BCUT2D eigenvalue weighted by Crippen LogP contribution is -2.46. The van der Waals surface area contributed by atoms with Crippen molar-refractivity contribution in [3.8, 4) is 0 Å². The number of nitrogens with zero attached hydrogens (tertiary/aromatic N) is 1. The zero-order valence-corrected chi connectivity index (χ0v) is 20.8. The molecule has 4 rings (SSSR count). The minimum absolute atomic E-state index is 0.290. The molecule has 6 heteroatoms. The second-order valence-electron chi connectivity index (χ2n) is 8.42. The number of anilines is 1. The average Bonchev–Trinajstić information content (AvgIpc) is 2.92. The summed E-state index contributed by atoms with van der Waals surface area (Å²) >= 11 is 1.72. The molecule has 4 aromatic rings. The lowest BCUT2D eigenvalue weighted by atomic mass is 10.0. The third-order valence-electron chi connectivity index (χ3n) is 5.82. The summed E-state index contributed by atoms with van der Waals surface area (Å²) in [5.74, 6) is -0.194. The summed E-state index contributed by atoms with van der Waals surface area (Å²) in [5.41, 5.74) is 3.16. The lowest BCUT2D eigenvalue weighted by molar-refractivity contribution is -0.120. The van der Waals surface area contributed by atoms with Crippen LogP contribution in [-0.4, -0.2) is 29.8 Å². The normalized spacial score (nSPS) is 11.5. The second kappa shape index (κ2) is 12.2. The van der Waals surface area contributed by atoms with E-state index in [-0.39, 0.29) is 11.8 Å². The Hall–Kier alpha value is -3.90. The fraction of sp³-hybridized carbons (Fsp3) is 0.133. The van der Waals surface area contributed by atoms with Crippen LogP contribution in [0.1, 0.15) is 21.5 Å². The number of rotatable bonds is 9. The van der Waals surface area contributed by atoms with Gasteiger partial charge in [-0.3, -0.25) is 9.59 Å². The van der Waals surface area contributed by atoms with Crippen LogP contribution in [0.5, 0.6) is 0 Å². The van der Waals surface area contributed by atoms with Crippen molar-refractivity contribution < 1.29 is 14.0 Å². The van der Waals surface area contributed by atoms with Gasteiger partial charge in [-0.1, -0.05) is 60.7 Å². The molecule has 4 nitrogen and oxygen atoms in total. The topological polar surface area (TPSA) is 49.4 Å². The molecule has 0 radical (unpaired) electrons. The number of amides is 2. The molecule has 36 heavy (non-hydrogen) atoms. The van der Waals surface area contributed by atoms with E-state index < -0.39 is 11.9 Å². The van der Waals surface area contributed by atoms with Crippen LogP contribution < -0.4 is 5.32 Å². The summed E-state index contributed by atoms with van der Waals surface area (Å²) in [7, 11) is 1.60. The van der Waals surface area contributed by atoms with Crippen LogP contribution in [0.3, 0.4) is 0 Å². The summed E-state index contributed by atoms with van der Waals surface area (Å²) in [4.78, 5) is 29.0. The average molecular weight is 499 g/mol. The molecule has 182 valence electrons. The first-order chi connectivity index (χ1) is 17.5. The van der Waals surface area contributed by atoms with Crippen LogP contribution in [0.25, 0.3) is 0 Å². The quantitative estimate of drug-likeness (QED) is 0.270. The van der Waals surface area contributed by atoms with Crippen molar-refractivity contribution >= 4 is 29.3 Å². The minimum Gasteiger partial charge on any atom is -0.329 e. The molecule has 0 fully saturated rings. The second-order valence-corrected chi connectivity index (χ2v) is 9.47. The Morgan fingerprint density at radius 1 is 0.806 bits per heavy atom. The van der Waals surface area contributed by atoms with Gasteiger partial charge in [0.1, 0.15) is 11.9 Å². The third kappa shape index (κ3) is 6.83. The summed E-state index contributed by atoms with van der Waals surface area (Å²) < 4.78 is 13.3. The number of halogens is 1. The van der Waals surface area contributed by atoms with Crippen LogP contribution in [0.15, 0.2) is 114 Å². The highest BCUT2D eigenvalue weighted by Crippen LogP contribution is 2.24. The predicted molar refractivity (Wildman–Crippen MR) is 144 cm³/mol. The number of benzene rings is 4. The smallest absolute Gasteiger partial charge is 0.254 e. The van der Waals surface area contributed by atoms with E-state index in [4.69, 9.17) is 0 Å². The highest BCUT2D eigenvalue weighted by Gasteiger charge is 2.28. The summed E-state index contributed by atoms with van der Waals surface area (Å²) in [5, 5.41) is 2.96. The zero-order valence-electron chi connectivity index (χ0n) is 19.9. The van der Waals surface area contributed by atoms with Crippen molar-refractivity contribution in [3.05, 3.63) is 132 Å². The Bertz CT molecular complexity index is 1280. The Labute approximate surface area is 215 Å². The Morgan fingerprint density at radius 2 is 1.39 bits per heavy atom. The molecule has 0 aromatic heterocycles. The van der Waals surface area contributed by atoms with Gasteiger partial charge in [0.25, 0.3) is 5.91 Å². The van der Waals surface area contributed by atoms with E-state index in [2.05, 4.69) is 17.4 Å². The van der Waals surface area contributed by atoms with Crippen LogP contribution in [0.4, 0.5) is 10.1 Å². The van der Waals surface area contributed by atoms with Crippen molar-refractivity contribution in [1.29, 1.82) is 0 Å². The molecular formula is C30H27FN2O2S. The van der Waals surface area contributed by atoms with Crippen molar-refractivity contribution in [2.75, 3.05) is 12.4 Å². The van der Waals surface area contributed by atoms with E-state index in [1.54, 1.807) is 18.8 Å². The molecule has 1 atom stereocenters. The van der Waals surface area contributed by atoms with Gasteiger partial charge in [0, 0.05) is 35.4 Å². The number of likely N-dealkylation sites (N-methyl/N-ethyl adjacent to an activating group) is 1. The maximum atomic E-state index is 13.4. The first kappa shape index (κ1) is 25.2. The number of hydrogen-bond acceptors (Lipinski definition) is 3. The van der Waals surface area contributed by atoms with Gasteiger partial charge in [-0.2, -0.15) is 0 Å². The Morgan fingerprint density at radius 3 is 2.00 bits per heavy atom. The molecule has 1 N–H and O–H groups in total. The van der Waals surface area contributed by atoms with E-state index in [1.165, 1.54) is 34.7 Å². The van der Waals surface area contributed by atoms with Gasteiger partial charge < -0.3 is 10.2 Å². The highest BCUT2D eigenvalue weighted by atomic mass is 32.2. The van der Waals surface area contributed by atoms with Crippen LogP contribution in [0, 0.1) is 5.82 Å². The van der Waals surface area contributed by atoms with Gasteiger partial charge in [-0.15, -0.1) is 11.8 Å². The van der Waals surface area contributed by atoms with E-state index in [0.29, 0.717) is 17.7 Å². The van der Waals surface area contributed by atoms with Gasteiger partial charge in [0.15, 0.2) is 0 Å². The van der Waals surface area contributed by atoms with Crippen molar-refractivity contribution in [3.63, 3.8) is 0 Å². The molecule has 0 saturated heterocycles. The van der Waals surface area contributed by atoms with E-state index in [0.717, 1.165) is 16.2 Å². The zero-order chi connectivity index (χ0) is 25.3. The van der Waals surface area contributed by atoms with Gasteiger partial charge in [0.05, 0.1) is 0 Å². The number of carbonyl (C=O) groups excluding carboxylic acids is 2. The molecular weight excluding hydrogens is 471 g/mol. The van der Waals surface area contributed by atoms with Gasteiger partial charge in [-0.05, 0) is 59.7 Å². The summed E-state index contributed by atoms with van der Waals surface area (Å²) in [6.45, 7) is 0. The largest absolute Gasteiger partial charge is 0.329 e. The molecule has 2 amide bonds. The molecule has 0 aliphatic carbocycles. The first-order valence-corrected chi connectivity index (χ1v) is 12.6. The first-order valence-electron chi connectivity index (χ1n) is 11.6. The van der Waals surface area contributed by atoms with Crippen LogP contribution in [-0.2, 0) is 17.0 Å².